The summed E-state index contributed by atoms with van der Waals surface area (Å²) >= 11 is 5.85. The lowest BCUT2D eigenvalue weighted by Crippen LogP contribution is -2.39. The number of benzene rings is 2. The lowest BCUT2D eigenvalue weighted by Gasteiger charge is -2.26. The van der Waals surface area contributed by atoms with Gasteiger partial charge in [-0.2, -0.15) is 0 Å². The molecule has 2 fully saturated rings. The van der Waals surface area contributed by atoms with Gasteiger partial charge in [0.05, 0.1) is 19.1 Å². The fourth-order valence-corrected chi connectivity index (χ4v) is 4.34. The van der Waals surface area contributed by atoms with Crippen molar-refractivity contribution in [1.82, 2.24) is 10.2 Å². The van der Waals surface area contributed by atoms with Crippen LogP contribution >= 0.6 is 11.6 Å². The third-order valence-corrected chi connectivity index (χ3v) is 6.45. The smallest absolute Gasteiger partial charge is 0.262 e. The predicted octanol–water partition coefficient (Wildman–Crippen LogP) is 2.55. The normalized spacial score (nSPS) is 18.2. The van der Waals surface area contributed by atoms with Crippen LogP contribution in [0.4, 0.5) is 11.4 Å². The molecule has 0 saturated carbocycles. The predicted molar refractivity (Wildman–Crippen MR) is 137 cm³/mol. The maximum atomic E-state index is 12.6. The summed E-state index contributed by atoms with van der Waals surface area (Å²) < 4.78 is 10.9. The van der Waals surface area contributed by atoms with Crippen molar-refractivity contribution in [3.8, 4) is 5.75 Å². The van der Waals surface area contributed by atoms with E-state index in [0.717, 1.165) is 39.3 Å². The van der Waals surface area contributed by atoms with E-state index in [1.165, 1.54) is 0 Å². The first kappa shape index (κ1) is 25.9. The van der Waals surface area contributed by atoms with E-state index in [1.54, 1.807) is 53.4 Å². The topological polar surface area (TPSA) is 100 Å². The molecule has 0 unspecified atom stereocenters. The van der Waals surface area contributed by atoms with Crippen LogP contribution in [-0.2, 0) is 19.1 Å². The number of halogens is 1. The Balaban J connectivity index is 1.19. The number of rotatable bonds is 10. The van der Waals surface area contributed by atoms with Crippen LogP contribution in [-0.4, -0.2) is 75.2 Å². The first-order valence-corrected chi connectivity index (χ1v) is 12.5. The monoisotopic (exact) mass is 514 g/mol. The molecule has 1 atom stereocenters. The minimum atomic E-state index is -0.367. The molecule has 3 amide bonds. The molecule has 192 valence electrons. The summed E-state index contributed by atoms with van der Waals surface area (Å²) in [5.41, 5.74) is 1.33. The highest BCUT2D eigenvalue weighted by atomic mass is 35.5. The maximum absolute atomic E-state index is 12.6. The number of carbonyl (C=O) groups excluding carboxylic acids is 3. The van der Waals surface area contributed by atoms with E-state index in [0.29, 0.717) is 35.2 Å². The van der Waals surface area contributed by atoms with Crippen molar-refractivity contribution >= 4 is 40.7 Å². The number of ether oxygens (including phenoxy) is 2. The molecular formula is C26H31ClN4O5. The van der Waals surface area contributed by atoms with E-state index >= 15 is 0 Å². The van der Waals surface area contributed by atoms with Crippen LogP contribution in [0.1, 0.15) is 12.8 Å². The molecule has 0 bridgehead atoms. The second kappa shape index (κ2) is 12.7. The molecule has 0 spiro atoms. The minimum Gasteiger partial charge on any atom is -0.484 e. The van der Waals surface area contributed by atoms with Crippen molar-refractivity contribution < 1.29 is 23.9 Å². The third kappa shape index (κ3) is 7.43. The summed E-state index contributed by atoms with van der Waals surface area (Å²) in [6.07, 6.45) is 1.06. The van der Waals surface area contributed by atoms with Gasteiger partial charge in [0.15, 0.2) is 6.61 Å². The lowest BCUT2D eigenvalue weighted by molar-refractivity contribution is -0.126. The van der Waals surface area contributed by atoms with Gasteiger partial charge in [-0.15, -0.1) is 0 Å². The Kier molecular flexibility index (Phi) is 9.16. The molecule has 2 aromatic rings. The largest absolute Gasteiger partial charge is 0.484 e. The van der Waals surface area contributed by atoms with Gasteiger partial charge in [0.25, 0.3) is 5.91 Å². The molecule has 2 heterocycles. The van der Waals surface area contributed by atoms with Gasteiger partial charge >= 0.3 is 0 Å². The van der Waals surface area contributed by atoms with E-state index in [4.69, 9.17) is 21.1 Å². The Morgan fingerprint density at radius 2 is 1.78 bits per heavy atom. The van der Waals surface area contributed by atoms with Crippen LogP contribution in [0.3, 0.4) is 0 Å². The number of hydrogen-bond donors (Lipinski definition) is 2. The number of nitrogens with one attached hydrogen (secondary N) is 2. The molecule has 4 rings (SSSR count). The van der Waals surface area contributed by atoms with Crippen molar-refractivity contribution in [2.45, 2.75) is 12.8 Å². The second-order valence-electron chi connectivity index (χ2n) is 8.84. The highest BCUT2D eigenvalue weighted by Crippen LogP contribution is 2.27. The Labute approximate surface area is 215 Å². The zero-order valence-corrected chi connectivity index (χ0v) is 20.8. The molecule has 0 radical (unpaired) electrons. The van der Waals surface area contributed by atoms with E-state index in [-0.39, 0.29) is 36.7 Å². The second-order valence-corrected chi connectivity index (χ2v) is 9.28. The minimum absolute atomic E-state index is 0.0838. The van der Waals surface area contributed by atoms with Gasteiger partial charge in [-0.05, 0) is 61.5 Å². The van der Waals surface area contributed by atoms with Crippen molar-refractivity contribution in [3.05, 3.63) is 53.6 Å². The molecule has 2 aliphatic rings. The molecule has 2 aromatic carbocycles. The van der Waals surface area contributed by atoms with Gasteiger partial charge in [0.1, 0.15) is 5.75 Å². The summed E-state index contributed by atoms with van der Waals surface area (Å²) in [7, 11) is 0. The van der Waals surface area contributed by atoms with E-state index in [2.05, 4.69) is 15.5 Å². The van der Waals surface area contributed by atoms with Crippen molar-refractivity contribution in [2.75, 3.05) is 62.8 Å². The number of anilines is 2. The zero-order valence-electron chi connectivity index (χ0n) is 20.1. The van der Waals surface area contributed by atoms with Crippen molar-refractivity contribution in [1.29, 1.82) is 0 Å². The van der Waals surface area contributed by atoms with Gasteiger partial charge in [-0.25, -0.2) is 0 Å². The molecule has 0 aliphatic carbocycles. The van der Waals surface area contributed by atoms with Crippen molar-refractivity contribution in [3.63, 3.8) is 0 Å². The lowest BCUT2D eigenvalue weighted by atomic mass is 10.1. The van der Waals surface area contributed by atoms with E-state index in [1.807, 2.05) is 0 Å². The first-order valence-electron chi connectivity index (χ1n) is 12.1. The van der Waals surface area contributed by atoms with E-state index in [9.17, 15) is 14.4 Å². The molecule has 9 nitrogen and oxygen atoms in total. The third-order valence-electron chi connectivity index (χ3n) is 6.20. The summed E-state index contributed by atoms with van der Waals surface area (Å²) in [4.78, 5) is 41.2. The highest BCUT2D eigenvalue weighted by molar-refractivity contribution is 6.30. The molecule has 2 N–H and O–H groups in total. The molecular weight excluding hydrogens is 484 g/mol. The molecule has 2 saturated heterocycles. The van der Waals surface area contributed by atoms with Gasteiger partial charge in [0.2, 0.25) is 11.8 Å². The molecule has 36 heavy (non-hydrogen) atoms. The van der Waals surface area contributed by atoms with Gasteiger partial charge in [-0.3, -0.25) is 19.3 Å². The average molecular weight is 515 g/mol. The molecule has 10 heteroatoms. The number of amides is 3. The van der Waals surface area contributed by atoms with Crippen LogP contribution in [0.5, 0.6) is 5.75 Å². The van der Waals surface area contributed by atoms with Crippen LogP contribution < -0.4 is 20.3 Å². The molecule has 0 aromatic heterocycles. The number of nitrogens with zero attached hydrogens (tertiary/aromatic N) is 2. The average Bonchev–Trinajstić information content (AvgIpc) is 3.29. The Morgan fingerprint density at radius 1 is 1.06 bits per heavy atom. The first-order chi connectivity index (χ1) is 17.5. The fourth-order valence-electron chi connectivity index (χ4n) is 4.22. The van der Waals surface area contributed by atoms with Crippen molar-refractivity contribution in [2.24, 2.45) is 5.92 Å². The molecule has 2 aliphatic heterocycles. The Hall–Kier alpha value is -3.14. The SMILES string of the molecule is O=C(COc1ccc(N2C[C@H](C(=O)NCCCN3CCOCC3)CC2=O)cc1)Nc1ccc(Cl)cc1. The van der Waals surface area contributed by atoms with Crippen LogP contribution in [0.2, 0.25) is 5.02 Å². The highest BCUT2D eigenvalue weighted by Gasteiger charge is 2.35. The summed E-state index contributed by atoms with van der Waals surface area (Å²) in [5, 5.41) is 6.29. The quantitative estimate of drug-likeness (QED) is 0.473. The van der Waals surface area contributed by atoms with Gasteiger partial charge in [-0.1, -0.05) is 11.6 Å². The zero-order chi connectivity index (χ0) is 25.3. The fraction of sp³-hybridized carbons (Fsp3) is 0.423. The van der Waals surface area contributed by atoms with Crippen LogP contribution in [0.25, 0.3) is 0 Å². The van der Waals surface area contributed by atoms with Crippen LogP contribution in [0.15, 0.2) is 48.5 Å². The van der Waals surface area contributed by atoms with Gasteiger partial charge < -0.3 is 25.0 Å². The van der Waals surface area contributed by atoms with Crippen LogP contribution in [0, 0.1) is 5.92 Å². The number of hydrogen-bond acceptors (Lipinski definition) is 6. The maximum Gasteiger partial charge on any atom is 0.262 e. The summed E-state index contributed by atoms with van der Waals surface area (Å²) in [6.45, 7) is 5.10. The van der Waals surface area contributed by atoms with Gasteiger partial charge in [0, 0.05) is 49.0 Å². The number of carbonyl (C=O) groups is 3. The Bertz CT molecular complexity index is 1040. The number of morpholine rings is 1. The van der Waals surface area contributed by atoms with E-state index < -0.39 is 0 Å². The standard InChI is InChI=1S/C26H31ClN4O5/c27-20-2-4-21(5-3-20)29-24(32)18-36-23-8-6-22(7-9-23)31-17-19(16-25(31)33)26(34)28-10-1-11-30-12-14-35-15-13-30/h2-9,19H,1,10-18H2,(H,28,34)(H,29,32)/t19-/m1/s1. The Morgan fingerprint density at radius 3 is 2.50 bits per heavy atom. The summed E-state index contributed by atoms with van der Waals surface area (Å²) in [6, 6.07) is 13.7. The summed E-state index contributed by atoms with van der Waals surface area (Å²) in [5.74, 6) is -0.325.